The predicted octanol–water partition coefficient (Wildman–Crippen LogP) is 0.366. The van der Waals surface area contributed by atoms with Crippen LogP contribution in [0.2, 0.25) is 0 Å². The minimum atomic E-state index is -0.223. The molecule has 2 heterocycles. The number of nitrogens with zero attached hydrogens (tertiary/aromatic N) is 3. The predicted molar refractivity (Wildman–Crippen MR) is 77.1 cm³/mol. The third kappa shape index (κ3) is 4.14. The Kier molecular flexibility index (Phi) is 5.25. The highest BCUT2D eigenvalue weighted by molar-refractivity contribution is 5.92. The van der Waals surface area contributed by atoms with Crippen LogP contribution >= 0.6 is 0 Å². The minimum absolute atomic E-state index is 0.0805. The van der Waals surface area contributed by atoms with Gasteiger partial charge in [0.2, 0.25) is 0 Å². The SMILES string of the molecule is CC(CN1CCCCC1)NC(=O)c1cncc(NN)n1. The van der Waals surface area contributed by atoms with Crippen LogP contribution in [0.3, 0.4) is 0 Å². The van der Waals surface area contributed by atoms with Gasteiger partial charge in [-0.1, -0.05) is 6.42 Å². The molecule has 0 saturated carbocycles. The standard InChI is InChI=1S/C13H22N6O/c1-10(9-19-5-3-2-4-6-19)16-13(20)11-7-15-8-12(17-11)18-14/h7-8,10H,2-6,9,14H2,1H3,(H,16,20)(H,17,18). The van der Waals surface area contributed by atoms with Crippen LogP contribution in [0, 0.1) is 0 Å². The number of hydrogen-bond donors (Lipinski definition) is 3. The van der Waals surface area contributed by atoms with Crippen molar-refractivity contribution < 1.29 is 4.79 Å². The molecule has 1 aliphatic rings. The highest BCUT2D eigenvalue weighted by Crippen LogP contribution is 2.09. The molecule has 0 radical (unpaired) electrons. The Labute approximate surface area is 118 Å². The summed E-state index contributed by atoms with van der Waals surface area (Å²) >= 11 is 0. The zero-order chi connectivity index (χ0) is 14.4. The fraction of sp³-hybridized carbons (Fsp3) is 0.615. The first kappa shape index (κ1) is 14.7. The molecule has 4 N–H and O–H groups in total. The molecular weight excluding hydrogens is 256 g/mol. The van der Waals surface area contributed by atoms with Gasteiger partial charge in [0.15, 0.2) is 5.82 Å². The molecule has 1 atom stereocenters. The molecule has 0 spiro atoms. The van der Waals surface area contributed by atoms with E-state index in [9.17, 15) is 4.79 Å². The van der Waals surface area contributed by atoms with Gasteiger partial charge in [0, 0.05) is 12.6 Å². The molecule has 7 nitrogen and oxygen atoms in total. The lowest BCUT2D eigenvalue weighted by atomic mass is 10.1. The first-order valence-corrected chi connectivity index (χ1v) is 7.01. The van der Waals surface area contributed by atoms with Gasteiger partial charge >= 0.3 is 0 Å². The maximum atomic E-state index is 12.1. The molecule has 1 unspecified atom stereocenters. The Balaban J connectivity index is 1.86. The fourth-order valence-electron chi connectivity index (χ4n) is 2.42. The van der Waals surface area contributed by atoms with Crippen molar-refractivity contribution in [1.29, 1.82) is 0 Å². The molecule has 1 amide bonds. The Hall–Kier alpha value is -1.73. The number of carbonyl (C=O) groups excluding carboxylic acids is 1. The van der Waals surface area contributed by atoms with Gasteiger partial charge in [-0.3, -0.25) is 9.78 Å². The number of nitrogens with one attached hydrogen (secondary N) is 2. The van der Waals surface area contributed by atoms with Crippen molar-refractivity contribution in [2.75, 3.05) is 25.1 Å². The second-order valence-corrected chi connectivity index (χ2v) is 5.17. The van der Waals surface area contributed by atoms with E-state index in [1.807, 2.05) is 6.92 Å². The summed E-state index contributed by atoms with van der Waals surface area (Å²) in [5.41, 5.74) is 2.65. The number of hydrazine groups is 1. The molecule has 1 aromatic heterocycles. The summed E-state index contributed by atoms with van der Waals surface area (Å²) in [7, 11) is 0. The van der Waals surface area contributed by atoms with Gasteiger partial charge in [-0.05, 0) is 32.9 Å². The summed E-state index contributed by atoms with van der Waals surface area (Å²) < 4.78 is 0. The van der Waals surface area contributed by atoms with Crippen LogP contribution in [0.25, 0.3) is 0 Å². The average Bonchev–Trinajstić information content (AvgIpc) is 2.48. The number of nitrogens with two attached hydrogens (primary N) is 1. The number of anilines is 1. The van der Waals surface area contributed by atoms with Gasteiger partial charge in [0.05, 0.1) is 12.4 Å². The van der Waals surface area contributed by atoms with E-state index in [4.69, 9.17) is 5.84 Å². The monoisotopic (exact) mass is 278 g/mol. The molecule has 1 fully saturated rings. The molecule has 20 heavy (non-hydrogen) atoms. The lowest BCUT2D eigenvalue weighted by Gasteiger charge is -2.29. The van der Waals surface area contributed by atoms with E-state index in [1.54, 1.807) is 0 Å². The zero-order valence-corrected chi connectivity index (χ0v) is 11.8. The second kappa shape index (κ2) is 7.16. The topological polar surface area (TPSA) is 96.2 Å². The number of aromatic nitrogens is 2. The lowest BCUT2D eigenvalue weighted by Crippen LogP contribution is -2.43. The van der Waals surface area contributed by atoms with E-state index in [2.05, 4.69) is 25.6 Å². The fourth-order valence-corrected chi connectivity index (χ4v) is 2.42. The smallest absolute Gasteiger partial charge is 0.271 e. The Morgan fingerprint density at radius 1 is 1.40 bits per heavy atom. The maximum absolute atomic E-state index is 12.1. The summed E-state index contributed by atoms with van der Waals surface area (Å²) in [5.74, 6) is 5.41. The van der Waals surface area contributed by atoms with Crippen molar-refractivity contribution in [2.45, 2.75) is 32.2 Å². The quantitative estimate of drug-likeness (QED) is 0.532. The van der Waals surface area contributed by atoms with E-state index in [1.165, 1.54) is 31.7 Å². The number of piperidine rings is 1. The highest BCUT2D eigenvalue weighted by atomic mass is 16.2. The van der Waals surface area contributed by atoms with Crippen molar-refractivity contribution >= 4 is 11.7 Å². The molecule has 0 bridgehead atoms. The summed E-state index contributed by atoms with van der Waals surface area (Å²) in [6.07, 6.45) is 6.70. The zero-order valence-electron chi connectivity index (χ0n) is 11.8. The van der Waals surface area contributed by atoms with Gasteiger partial charge in [-0.2, -0.15) is 0 Å². The summed E-state index contributed by atoms with van der Waals surface area (Å²) in [6, 6.07) is 0.0805. The van der Waals surface area contributed by atoms with Crippen LogP contribution < -0.4 is 16.6 Å². The van der Waals surface area contributed by atoms with E-state index >= 15 is 0 Å². The molecule has 1 aromatic rings. The van der Waals surface area contributed by atoms with E-state index in [0.717, 1.165) is 19.6 Å². The van der Waals surface area contributed by atoms with Crippen LogP contribution in [0.5, 0.6) is 0 Å². The lowest BCUT2D eigenvalue weighted by molar-refractivity contribution is 0.0920. The molecule has 1 saturated heterocycles. The number of amides is 1. The largest absolute Gasteiger partial charge is 0.347 e. The number of hydrogen-bond acceptors (Lipinski definition) is 6. The molecule has 0 aliphatic carbocycles. The van der Waals surface area contributed by atoms with Crippen molar-refractivity contribution in [2.24, 2.45) is 5.84 Å². The summed E-state index contributed by atoms with van der Waals surface area (Å²) in [4.78, 5) is 22.4. The first-order chi connectivity index (χ1) is 9.69. The summed E-state index contributed by atoms with van der Waals surface area (Å²) in [6.45, 7) is 5.11. The third-order valence-electron chi connectivity index (χ3n) is 3.37. The van der Waals surface area contributed by atoms with Crippen LogP contribution in [0.1, 0.15) is 36.7 Å². The van der Waals surface area contributed by atoms with Crippen molar-refractivity contribution in [1.82, 2.24) is 20.2 Å². The molecule has 0 aromatic carbocycles. The minimum Gasteiger partial charge on any atom is -0.347 e. The molecule has 110 valence electrons. The van der Waals surface area contributed by atoms with Gasteiger partial charge in [0.25, 0.3) is 5.91 Å². The van der Waals surface area contributed by atoms with Crippen molar-refractivity contribution in [3.8, 4) is 0 Å². The number of carbonyl (C=O) groups is 1. The normalized spacial score (nSPS) is 17.5. The molecule has 7 heteroatoms. The van der Waals surface area contributed by atoms with E-state index in [-0.39, 0.29) is 17.6 Å². The van der Waals surface area contributed by atoms with Gasteiger partial charge in [-0.15, -0.1) is 0 Å². The number of nitrogen functional groups attached to an aromatic ring is 1. The van der Waals surface area contributed by atoms with E-state index in [0.29, 0.717) is 5.82 Å². The first-order valence-electron chi connectivity index (χ1n) is 7.01. The van der Waals surface area contributed by atoms with Gasteiger partial charge in [-0.25, -0.2) is 10.8 Å². The third-order valence-corrected chi connectivity index (χ3v) is 3.37. The Morgan fingerprint density at radius 3 is 2.85 bits per heavy atom. The Morgan fingerprint density at radius 2 is 2.15 bits per heavy atom. The van der Waals surface area contributed by atoms with Crippen LogP contribution in [0.4, 0.5) is 5.82 Å². The molecule has 2 rings (SSSR count). The second-order valence-electron chi connectivity index (χ2n) is 5.17. The van der Waals surface area contributed by atoms with Gasteiger partial charge in [0.1, 0.15) is 5.69 Å². The average molecular weight is 278 g/mol. The van der Waals surface area contributed by atoms with Crippen molar-refractivity contribution in [3.63, 3.8) is 0 Å². The van der Waals surface area contributed by atoms with Crippen LogP contribution in [-0.4, -0.2) is 46.5 Å². The van der Waals surface area contributed by atoms with Crippen LogP contribution in [-0.2, 0) is 0 Å². The highest BCUT2D eigenvalue weighted by Gasteiger charge is 2.16. The van der Waals surface area contributed by atoms with Crippen LogP contribution in [0.15, 0.2) is 12.4 Å². The molecular formula is C13H22N6O. The van der Waals surface area contributed by atoms with Crippen molar-refractivity contribution in [3.05, 3.63) is 18.1 Å². The maximum Gasteiger partial charge on any atom is 0.271 e. The molecule has 1 aliphatic heterocycles. The number of likely N-dealkylation sites (tertiary alicyclic amines) is 1. The Bertz CT molecular complexity index is 446. The van der Waals surface area contributed by atoms with E-state index < -0.39 is 0 Å². The number of rotatable bonds is 5. The summed E-state index contributed by atoms with van der Waals surface area (Å²) in [5, 5.41) is 2.94. The van der Waals surface area contributed by atoms with Gasteiger partial charge < -0.3 is 15.6 Å².